The second kappa shape index (κ2) is 7.43. The largest absolute Gasteiger partial charge is 0.473 e. The second-order valence-corrected chi connectivity index (χ2v) is 6.75. The van der Waals surface area contributed by atoms with Gasteiger partial charge in [-0.05, 0) is 30.3 Å². The molecule has 0 radical (unpaired) electrons. The molecule has 5 rings (SSSR count). The Labute approximate surface area is 170 Å². The monoisotopic (exact) mass is 405 g/mol. The molecule has 150 valence electrons. The van der Waals surface area contributed by atoms with Crippen LogP contribution in [-0.2, 0) is 4.74 Å². The molecule has 0 aliphatic carbocycles. The van der Waals surface area contributed by atoms with Crippen LogP contribution in [0.5, 0.6) is 5.88 Å². The minimum Gasteiger partial charge on any atom is -0.473 e. The first-order valence-electron chi connectivity index (χ1n) is 9.27. The van der Waals surface area contributed by atoms with E-state index in [0.29, 0.717) is 17.3 Å². The molecule has 1 atom stereocenters. The van der Waals surface area contributed by atoms with Gasteiger partial charge in [0.1, 0.15) is 12.4 Å². The first kappa shape index (κ1) is 18.0. The third-order valence-electron chi connectivity index (χ3n) is 4.76. The molecular formula is C21H16FN5O3. The van der Waals surface area contributed by atoms with Crippen LogP contribution in [0.1, 0.15) is 0 Å². The highest BCUT2D eigenvalue weighted by atomic mass is 19.1. The number of fused-ring (bicyclic) bond motifs is 1. The average Bonchev–Trinajstić information content (AvgIpc) is 3.36. The predicted octanol–water partition coefficient (Wildman–Crippen LogP) is 3.36. The van der Waals surface area contributed by atoms with Crippen molar-refractivity contribution in [3.63, 3.8) is 0 Å². The van der Waals surface area contributed by atoms with Crippen molar-refractivity contribution >= 4 is 22.7 Å². The standard InChI is InChI=1S/C21H16FN5O3/c22-17-8-15(3-4-19(17)26-10-14-2-1-5-24-18(14)12-26)27-11-16(30-21(27)28)13-29-20-9-23-6-7-25-20/h1-10,12,16H,11,13H2. The number of benzene rings is 1. The number of carbonyl (C=O) groups excluding carboxylic acids is 1. The van der Waals surface area contributed by atoms with Gasteiger partial charge in [-0.3, -0.25) is 14.9 Å². The molecule has 8 nitrogen and oxygen atoms in total. The number of amides is 1. The summed E-state index contributed by atoms with van der Waals surface area (Å²) in [6.07, 6.45) is 8.74. The number of hydrogen-bond acceptors (Lipinski definition) is 6. The zero-order valence-corrected chi connectivity index (χ0v) is 15.7. The Morgan fingerprint density at radius 2 is 2.10 bits per heavy atom. The van der Waals surface area contributed by atoms with E-state index in [4.69, 9.17) is 9.47 Å². The van der Waals surface area contributed by atoms with Gasteiger partial charge in [0.25, 0.3) is 0 Å². The number of pyridine rings is 1. The molecule has 1 unspecified atom stereocenters. The molecule has 0 bridgehead atoms. The van der Waals surface area contributed by atoms with Gasteiger partial charge >= 0.3 is 6.09 Å². The molecule has 0 saturated carbocycles. The van der Waals surface area contributed by atoms with Gasteiger partial charge in [-0.2, -0.15) is 0 Å². The van der Waals surface area contributed by atoms with E-state index in [1.54, 1.807) is 29.1 Å². The lowest BCUT2D eigenvalue weighted by molar-refractivity contribution is 0.103. The number of anilines is 1. The number of rotatable bonds is 5. The van der Waals surface area contributed by atoms with Gasteiger partial charge in [0.15, 0.2) is 6.10 Å². The lowest BCUT2D eigenvalue weighted by Gasteiger charge is -2.14. The van der Waals surface area contributed by atoms with Crippen LogP contribution in [0.25, 0.3) is 16.6 Å². The lowest BCUT2D eigenvalue weighted by Crippen LogP contribution is -2.26. The zero-order valence-electron chi connectivity index (χ0n) is 15.7. The van der Waals surface area contributed by atoms with Crippen LogP contribution in [0.3, 0.4) is 0 Å². The van der Waals surface area contributed by atoms with Crippen molar-refractivity contribution in [3.8, 4) is 11.6 Å². The lowest BCUT2D eigenvalue weighted by atomic mass is 10.2. The van der Waals surface area contributed by atoms with Gasteiger partial charge in [0.2, 0.25) is 5.88 Å². The Kier molecular flexibility index (Phi) is 4.47. The Morgan fingerprint density at radius 1 is 1.17 bits per heavy atom. The third-order valence-corrected chi connectivity index (χ3v) is 4.76. The summed E-state index contributed by atoms with van der Waals surface area (Å²) in [5.41, 5.74) is 1.56. The maximum absolute atomic E-state index is 14.9. The molecule has 1 aliphatic rings. The van der Waals surface area contributed by atoms with E-state index in [1.807, 2.05) is 18.3 Å². The summed E-state index contributed by atoms with van der Waals surface area (Å²) in [4.78, 5) is 25.8. The summed E-state index contributed by atoms with van der Waals surface area (Å²) in [6, 6.07) is 8.37. The number of hydrogen-bond donors (Lipinski definition) is 0. The van der Waals surface area contributed by atoms with Crippen molar-refractivity contribution in [2.45, 2.75) is 6.10 Å². The van der Waals surface area contributed by atoms with Crippen LogP contribution in [0.4, 0.5) is 14.9 Å². The molecule has 1 fully saturated rings. The van der Waals surface area contributed by atoms with E-state index in [1.165, 1.54) is 29.6 Å². The van der Waals surface area contributed by atoms with Crippen LogP contribution >= 0.6 is 0 Å². The highest BCUT2D eigenvalue weighted by Crippen LogP contribution is 2.27. The average molecular weight is 405 g/mol. The van der Waals surface area contributed by atoms with Gasteiger partial charge in [-0.15, -0.1) is 0 Å². The maximum Gasteiger partial charge on any atom is 0.414 e. The smallest absolute Gasteiger partial charge is 0.414 e. The van der Waals surface area contributed by atoms with Gasteiger partial charge in [0.05, 0.1) is 29.6 Å². The maximum atomic E-state index is 14.9. The van der Waals surface area contributed by atoms with E-state index in [-0.39, 0.29) is 13.2 Å². The Hall–Kier alpha value is -4.01. The van der Waals surface area contributed by atoms with Crippen LogP contribution in [0.15, 0.2) is 67.5 Å². The first-order chi connectivity index (χ1) is 14.7. The second-order valence-electron chi connectivity index (χ2n) is 6.75. The summed E-state index contributed by atoms with van der Waals surface area (Å²) >= 11 is 0. The molecule has 1 aromatic carbocycles. The van der Waals surface area contributed by atoms with Crippen molar-refractivity contribution in [3.05, 3.63) is 73.3 Å². The SMILES string of the molecule is O=C1OC(COc2cnccn2)CN1c1ccc(-n2cc3cccnc3c2)c(F)c1. The van der Waals surface area contributed by atoms with E-state index < -0.39 is 18.0 Å². The Bertz CT molecular complexity index is 1180. The van der Waals surface area contributed by atoms with Crippen molar-refractivity contribution in [2.24, 2.45) is 0 Å². The molecule has 1 amide bonds. The van der Waals surface area contributed by atoms with Crippen LogP contribution in [0, 0.1) is 5.82 Å². The molecule has 0 N–H and O–H groups in total. The third kappa shape index (κ3) is 3.41. The molecule has 0 spiro atoms. The molecule has 1 saturated heterocycles. The number of halogens is 1. The fraction of sp³-hybridized carbons (Fsp3) is 0.143. The molecule has 9 heteroatoms. The molecule has 1 aliphatic heterocycles. The van der Waals surface area contributed by atoms with Crippen molar-refractivity contribution in [2.75, 3.05) is 18.1 Å². The Morgan fingerprint density at radius 3 is 2.90 bits per heavy atom. The topological polar surface area (TPSA) is 82.4 Å². The zero-order chi connectivity index (χ0) is 20.5. The van der Waals surface area contributed by atoms with Gasteiger partial charge in [0, 0.05) is 36.4 Å². The van der Waals surface area contributed by atoms with Gasteiger partial charge in [-0.25, -0.2) is 14.2 Å². The van der Waals surface area contributed by atoms with Crippen LogP contribution in [0.2, 0.25) is 0 Å². The minimum atomic E-state index is -0.550. The summed E-state index contributed by atoms with van der Waals surface area (Å²) in [5.74, 6) is -0.115. The number of aromatic nitrogens is 4. The van der Waals surface area contributed by atoms with E-state index in [2.05, 4.69) is 15.0 Å². The molecule has 30 heavy (non-hydrogen) atoms. The molecule has 3 aromatic heterocycles. The number of carbonyl (C=O) groups is 1. The molecule has 4 aromatic rings. The fourth-order valence-corrected chi connectivity index (χ4v) is 3.34. The van der Waals surface area contributed by atoms with Crippen molar-refractivity contribution in [1.29, 1.82) is 0 Å². The van der Waals surface area contributed by atoms with Gasteiger partial charge < -0.3 is 14.0 Å². The molecular weight excluding hydrogens is 389 g/mol. The predicted molar refractivity (Wildman–Crippen MR) is 106 cm³/mol. The van der Waals surface area contributed by atoms with Crippen molar-refractivity contribution < 1.29 is 18.7 Å². The summed E-state index contributed by atoms with van der Waals surface area (Å²) in [6.45, 7) is 0.375. The first-order valence-corrected chi connectivity index (χ1v) is 9.27. The quantitative estimate of drug-likeness (QED) is 0.506. The Balaban J connectivity index is 1.32. The molecule has 4 heterocycles. The highest BCUT2D eigenvalue weighted by Gasteiger charge is 2.33. The minimum absolute atomic E-state index is 0.129. The number of cyclic esters (lactones) is 1. The van der Waals surface area contributed by atoms with Crippen LogP contribution in [-0.4, -0.2) is 44.9 Å². The van der Waals surface area contributed by atoms with E-state index in [0.717, 1.165) is 10.9 Å². The summed E-state index contributed by atoms with van der Waals surface area (Å²) < 4.78 is 27.3. The highest BCUT2D eigenvalue weighted by molar-refractivity contribution is 5.90. The number of ether oxygens (including phenoxy) is 2. The summed E-state index contributed by atoms with van der Waals surface area (Å²) in [5, 5.41) is 0.912. The number of nitrogens with zero attached hydrogens (tertiary/aromatic N) is 5. The van der Waals surface area contributed by atoms with Gasteiger partial charge in [-0.1, -0.05) is 0 Å². The summed E-state index contributed by atoms with van der Waals surface area (Å²) in [7, 11) is 0. The van der Waals surface area contributed by atoms with Crippen LogP contribution < -0.4 is 9.64 Å². The van der Waals surface area contributed by atoms with Crippen molar-refractivity contribution in [1.82, 2.24) is 19.5 Å². The van der Waals surface area contributed by atoms with E-state index >= 15 is 0 Å². The normalized spacial score (nSPS) is 16.1. The van der Waals surface area contributed by atoms with E-state index in [9.17, 15) is 9.18 Å². The fourth-order valence-electron chi connectivity index (χ4n) is 3.34.